The molecule has 2 N–H and O–H groups in total. The third-order valence-corrected chi connectivity index (χ3v) is 2.65. The fourth-order valence-electron chi connectivity index (χ4n) is 1.54. The molecule has 0 aliphatic carbocycles. The average molecular weight is 223 g/mol. The van der Waals surface area contributed by atoms with Crippen molar-refractivity contribution in [2.24, 2.45) is 0 Å². The Labute approximate surface area is 97.4 Å². The number of hydrogen-bond donors (Lipinski definition) is 2. The number of phenols is 1. The predicted octanol–water partition coefficient (Wildman–Crippen LogP) is 2.33. The van der Waals surface area contributed by atoms with Gasteiger partial charge in [0.1, 0.15) is 0 Å². The highest BCUT2D eigenvalue weighted by Crippen LogP contribution is 2.28. The summed E-state index contributed by atoms with van der Waals surface area (Å²) in [7, 11) is 1.95. The van der Waals surface area contributed by atoms with E-state index in [4.69, 9.17) is 4.74 Å². The highest BCUT2D eigenvalue weighted by molar-refractivity contribution is 5.42. The molecule has 0 amide bonds. The molecule has 1 aromatic carbocycles. The lowest BCUT2D eigenvalue weighted by atomic mass is 9.95. The Morgan fingerprint density at radius 1 is 1.38 bits per heavy atom. The Balaban J connectivity index is 2.86. The largest absolute Gasteiger partial charge is 0.504 e. The maximum absolute atomic E-state index is 9.58. The summed E-state index contributed by atoms with van der Waals surface area (Å²) in [5, 5.41) is 12.8. The summed E-state index contributed by atoms with van der Waals surface area (Å²) in [6.45, 7) is 6.75. The Bertz CT molecular complexity index is 348. The normalized spacial score (nSPS) is 11.5. The summed E-state index contributed by atoms with van der Waals surface area (Å²) in [4.78, 5) is 0. The highest BCUT2D eigenvalue weighted by Gasteiger charge is 2.16. The van der Waals surface area contributed by atoms with Crippen LogP contribution in [0.5, 0.6) is 11.5 Å². The molecular weight excluding hydrogens is 202 g/mol. The Hall–Kier alpha value is -1.22. The van der Waals surface area contributed by atoms with Crippen LogP contribution < -0.4 is 10.1 Å². The molecule has 0 fully saturated rings. The quantitative estimate of drug-likeness (QED) is 0.805. The molecule has 0 atom stereocenters. The molecule has 3 nitrogen and oxygen atoms in total. The fraction of sp³-hybridized carbons (Fsp3) is 0.538. The summed E-state index contributed by atoms with van der Waals surface area (Å²) in [6.07, 6.45) is 0.893. The maximum atomic E-state index is 9.58. The van der Waals surface area contributed by atoms with Crippen LogP contribution >= 0.6 is 0 Å². The van der Waals surface area contributed by atoms with Crippen LogP contribution in [0.15, 0.2) is 18.2 Å². The smallest absolute Gasteiger partial charge is 0.161 e. The van der Waals surface area contributed by atoms with Crippen molar-refractivity contribution in [3.8, 4) is 11.5 Å². The van der Waals surface area contributed by atoms with Crippen molar-refractivity contribution in [3.63, 3.8) is 0 Å². The molecule has 0 radical (unpaired) electrons. The second kappa shape index (κ2) is 5.21. The first-order valence-electron chi connectivity index (χ1n) is 5.62. The van der Waals surface area contributed by atoms with Gasteiger partial charge in [0.05, 0.1) is 6.61 Å². The van der Waals surface area contributed by atoms with Crippen LogP contribution in [-0.4, -0.2) is 24.3 Å². The molecule has 0 saturated heterocycles. The van der Waals surface area contributed by atoms with Gasteiger partial charge >= 0.3 is 0 Å². The van der Waals surface area contributed by atoms with Gasteiger partial charge in [-0.05, 0) is 51.9 Å². The van der Waals surface area contributed by atoms with Crippen LogP contribution in [0.1, 0.15) is 26.3 Å². The Morgan fingerprint density at radius 2 is 2.06 bits per heavy atom. The number of rotatable bonds is 5. The number of benzene rings is 1. The molecule has 1 rings (SSSR count). The summed E-state index contributed by atoms with van der Waals surface area (Å²) < 4.78 is 5.36. The molecule has 0 aromatic heterocycles. The van der Waals surface area contributed by atoms with Crippen molar-refractivity contribution in [3.05, 3.63) is 23.8 Å². The average Bonchev–Trinajstić information content (AvgIpc) is 2.23. The van der Waals surface area contributed by atoms with E-state index < -0.39 is 0 Å². The van der Waals surface area contributed by atoms with Crippen LogP contribution in [0.4, 0.5) is 0 Å². The van der Waals surface area contributed by atoms with Gasteiger partial charge in [-0.25, -0.2) is 0 Å². The van der Waals surface area contributed by atoms with Gasteiger partial charge in [-0.1, -0.05) is 6.07 Å². The number of nitrogens with one attached hydrogen (secondary N) is 1. The molecular formula is C13H21NO2. The van der Waals surface area contributed by atoms with Crippen LogP contribution in [0.25, 0.3) is 0 Å². The standard InChI is InChI=1S/C13H21NO2/c1-5-16-12-8-10(6-7-11(12)15)9-13(2,3)14-4/h6-8,14-15H,5,9H2,1-4H3. The van der Waals surface area contributed by atoms with Gasteiger partial charge in [0, 0.05) is 5.54 Å². The fourth-order valence-corrected chi connectivity index (χ4v) is 1.54. The van der Waals surface area contributed by atoms with Gasteiger partial charge in [-0.15, -0.1) is 0 Å². The van der Waals surface area contributed by atoms with Crippen LogP contribution in [0, 0.1) is 0 Å². The van der Waals surface area contributed by atoms with Crippen molar-refractivity contribution in [1.82, 2.24) is 5.32 Å². The molecule has 0 bridgehead atoms. The zero-order valence-corrected chi connectivity index (χ0v) is 10.5. The zero-order valence-electron chi connectivity index (χ0n) is 10.5. The van der Waals surface area contributed by atoms with Crippen LogP contribution in [-0.2, 0) is 6.42 Å². The van der Waals surface area contributed by atoms with E-state index in [0.717, 1.165) is 12.0 Å². The summed E-state index contributed by atoms with van der Waals surface area (Å²) >= 11 is 0. The first kappa shape index (κ1) is 12.8. The number of aromatic hydroxyl groups is 1. The summed E-state index contributed by atoms with van der Waals surface area (Å²) in [6, 6.07) is 5.51. The lowest BCUT2D eigenvalue weighted by Crippen LogP contribution is -2.38. The SMILES string of the molecule is CCOc1cc(CC(C)(C)NC)ccc1O. The first-order valence-corrected chi connectivity index (χ1v) is 5.62. The summed E-state index contributed by atoms with van der Waals surface area (Å²) in [5.74, 6) is 0.764. The van der Waals surface area contributed by atoms with Gasteiger partial charge in [0.2, 0.25) is 0 Å². The van der Waals surface area contributed by atoms with Crippen LogP contribution in [0.3, 0.4) is 0 Å². The highest BCUT2D eigenvalue weighted by atomic mass is 16.5. The van der Waals surface area contributed by atoms with Crippen molar-refractivity contribution in [2.75, 3.05) is 13.7 Å². The molecule has 0 unspecified atom stereocenters. The number of hydrogen-bond acceptors (Lipinski definition) is 3. The predicted molar refractivity (Wildman–Crippen MR) is 66.1 cm³/mol. The molecule has 0 heterocycles. The van der Waals surface area contributed by atoms with Crippen molar-refractivity contribution < 1.29 is 9.84 Å². The minimum Gasteiger partial charge on any atom is -0.504 e. The molecule has 16 heavy (non-hydrogen) atoms. The molecule has 0 saturated carbocycles. The van der Waals surface area contributed by atoms with E-state index in [0.29, 0.717) is 12.4 Å². The van der Waals surface area contributed by atoms with E-state index in [2.05, 4.69) is 19.2 Å². The van der Waals surface area contributed by atoms with Crippen molar-refractivity contribution in [1.29, 1.82) is 0 Å². The molecule has 0 aliphatic heterocycles. The van der Waals surface area contributed by atoms with Gasteiger partial charge in [-0.2, -0.15) is 0 Å². The zero-order chi connectivity index (χ0) is 12.2. The van der Waals surface area contributed by atoms with Gasteiger partial charge < -0.3 is 15.2 Å². The Kier molecular flexibility index (Phi) is 4.19. The third kappa shape index (κ3) is 3.42. The minimum atomic E-state index is 0.0421. The molecule has 1 aromatic rings. The first-order chi connectivity index (χ1) is 7.48. The van der Waals surface area contributed by atoms with E-state index in [1.807, 2.05) is 26.1 Å². The molecule has 0 spiro atoms. The van der Waals surface area contributed by atoms with Gasteiger partial charge in [0.25, 0.3) is 0 Å². The monoisotopic (exact) mass is 223 g/mol. The van der Waals surface area contributed by atoms with Gasteiger partial charge in [-0.3, -0.25) is 0 Å². The van der Waals surface area contributed by atoms with Gasteiger partial charge in [0.15, 0.2) is 11.5 Å². The van der Waals surface area contributed by atoms with Crippen molar-refractivity contribution in [2.45, 2.75) is 32.7 Å². The lowest BCUT2D eigenvalue weighted by Gasteiger charge is -2.24. The number of ether oxygens (including phenoxy) is 1. The number of phenolic OH excluding ortho intramolecular Hbond substituents is 1. The molecule has 90 valence electrons. The molecule has 3 heteroatoms. The van der Waals surface area contributed by atoms with E-state index in [-0.39, 0.29) is 11.3 Å². The topological polar surface area (TPSA) is 41.5 Å². The van der Waals surface area contributed by atoms with E-state index >= 15 is 0 Å². The minimum absolute atomic E-state index is 0.0421. The number of likely N-dealkylation sites (N-methyl/N-ethyl adjacent to an activating group) is 1. The molecule has 0 aliphatic rings. The second-order valence-corrected chi connectivity index (χ2v) is 4.55. The third-order valence-electron chi connectivity index (χ3n) is 2.65. The van der Waals surface area contributed by atoms with E-state index in [1.165, 1.54) is 0 Å². The van der Waals surface area contributed by atoms with E-state index in [1.54, 1.807) is 6.07 Å². The van der Waals surface area contributed by atoms with Crippen LogP contribution in [0.2, 0.25) is 0 Å². The van der Waals surface area contributed by atoms with Crippen molar-refractivity contribution >= 4 is 0 Å². The maximum Gasteiger partial charge on any atom is 0.161 e. The van der Waals surface area contributed by atoms with E-state index in [9.17, 15) is 5.11 Å². The second-order valence-electron chi connectivity index (χ2n) is 4.55. The summed E-state index contributed by atoms with van der Waals surface area (Å²) in [5.41, 5.74) is 1.20. The Morgan fingerprint density at radius 3 is 2.62 bits per heavy atom. The lowest BCUT2D eigenvalue weighted by molar-refractivity contribution is 0.317.